The highest BCUT2D eigenvalue weighted by atomic mass is 32.1. The van der Waals surface area contributed by atoms with E-state index in [1.807, 2.05) is 30.3 Å². The maximum Gasteiger partial charge on any atom is 0.350 e. The highest BCUT2D eigenvalue weighted by Crippen LogP contribution is 2.29. The molecule has 0 saturated heterocycles. The minimum atomic E-state index is -0.515. The summed E-state index contributed by atoms with van der Waals surface area (Å²) in [6, 6.07) is 11.3. The summed E-state index contributed by atoms with van der Waals surface area (Å²) in [6.45, 7) is 2.13. The number of carbonyl (C=O) groups excluding carboxylic acids is 2. The van der Waals surface area contributed by atoms with Crippen molar-refractivity contribution in [2.45, 2.75) is 13.5 Å². The number of nitrogens with one attached hydrogen (secondary N) is 1. The number of amides is 1. The number of esters is 1. The van der Waals surface area contributed by atoms with Crippen molar-refractivity contribution < 1.29 is 14.3 Å². The fraction of sp³-hybridized carbons (Fsp3) is 0.143. The molecule has 0 aliphatic rings. The Morgan fingerprint density at radius 2 is 1.93 bits per heavy atom. The van der Waals surface area contributed by atoms with Crippen molar-refractivity contribution in [2.24, 2.45) is 0 Å². The van der Waals surface area contributed by atoms with E-state index in [0.717, 1.165) is 16.9 Å². The quantitative estimate of drug-likeness (QED) is 0.476. The average Bonchev–Trinajstić information content (AvgIpc) is 3.35. The molecule has 3 heterocycles. The summed E-state index contributed by atoms with van der Waals surface area (Å²) in [5.41, 5.74) is 1.74. The van der Waals surface area contributed by atoms with Crippen LogP contribution in [0, 0.1) is 6.92 Å². The highest BCUT2D eigenvalue weighted by molar-refractivity contribution is 7.20. The van der Waals surface area contributed by atoms with Crippen molar-refractivity contribution in [1.29, 1.82) is 0 Å². The number of nitrogens with zero attached hydrogens (tertiary/aromatic N) is 2. The van der Waals surface area contributed by atoms with Crippen LogP contribution in [0.2, 0.25) is 0 Å². The molecule has 1 aromatic carbocycles. The van der Waals surface area contributed by atoms with E-state index in [1.54, 1.807) is 18.4 Å². The van der Waals surface area contributed by atoms with Crippen LogP contribution in [0.3, 0.4) is 0 Å². The van der Waals surface area contributed by atoms with Crippen molar-refractivity contribution in [3.63, 3.8) is 0 Å². The zero-order valence-corrected chi connectivity index (χ0v) is 17.8. The van der Waals surface area contributed by atoms with E-state index in [-0.39, 0.29) is 5.56 Å². The first-order chi connectivity index (χ1) is 14.5. The van der Waals surface area contributed by atoms with Crippen LogP contribution in [0.25, 0.3) is 10.2 Å². The molecule has 9 heteroatoms. The van der Waals surface area contributed by atoms with E-state index in [0.29, 0.717) is 37.8 Å². The molecule has 4 aromatic rings. The molecule has 4 rings (SSSR count). The third-order valence-electron chi connectivity index (χ3n) is 4.60. The number of benzene rings is 1. The van der Waals surface area contributed by atoms with Gasteiger partial charge < -0.3 is 10.1 Å². The fourth-order valence-electron chi connectivity index (χ4n) is 3.11. The second-order valence-corrected chi connectivity index (χ2v) is 8.42. The van der Waals surface area contributed by atoms with Crippen LogP contribution < -0.4 is 10.9 Å². The molecule has 0 saturated carbocycles. The maximum absolute atomic E-state index is 13.0. The first-order valence-corrected chi connectivity index (χ1v) is 10.7. The normalized spacial score (nSPS) is 10.9. The smallest absolute Gasteiger partial charge is 0.350 e. The number of aromatic nitrogens is 2. The second-order valence-electron chi connectivity index (χ2n) is 6.51. The Labute approximate surface area is 179 Å². The van der Waals surface area contributed by atoms with Gasteiger partial charge in [0.25, 0.3) is 11.5 Å². The number of fused-ring (bicyclic) bond motifs is 1. The molecule has 1 N–H and O–H groups in total. The van der Waals surface area contributed by atoms with Gasteiger partial charge in [0, 0.05) is 0 Å². The summed E-state index contributed by atoms with van der Waals surface area (Å²) in [6.07, 6.45) is 1.50. The Hall–Kier alpha value is -3.30. The van der Waals surface area contributed by atoms with E-state index < -0.39 is 11.9 Å². The molecule has 7 nitrogen and oxygen atoms in total. The van der Waals surface area contributed by atoms with Crippen LogP contribution in [0.15, 0.2) is 52.9 Å². The molecule has 0 aliphatic carbocycles. The molecule has 0 atom stereocenters. The van der Waals surface area contributed by atoms with Gasteiger partial charge in [-0.3, -0.25) is 14.2 Å². The van der Waals surface area contributed by atoms with Gasteiger partial charge in [-0.15, -0.1) is 22.7 Å². The van der Waals surface area contributed by atoms with Crippen LogP contribution >= 0.6 is 22.7 Å². The summed E-state index contributed by atoms with van der Waals surface area (Å²) < 4.78 is 6.28. The number of hydrogen-bond acceptors (Lipinski definition) is 7. The molecule has 3 aromatic heterocycles. The number of ether oxygens (including phenoxy) is 1. The van der Waals surface area contributed by atoms with Crippen molar-refractivity contribution in [1.82, 2.24) is 9.55 Å². The Balaban J connectivity index is 1.67. The minimum absolute atomic E-state index is 0.192. The van der Waals surface area contributed by atoms with E-state index in [9.17, 15) is 14.4 Å². The number of carbonyl (C=O) groups is 2. The van der Waals surface area contributed by atoms with Crippen LogP contribution in [-0.4, -0.2) is 28.5 Å². The van der Waals surface area contributed by atoms with Gasteiger partial charge in [0.15, 0.2) is 0 Å². The first-order valence-electron chi connectivity index (χ1n) is 8.99. The van der Waals surface area contributed by atoms with Crippen LogP contribution in [0.4, 0.5) is 5.69 Å². The van der Waals surface area contributed by atoms with Gasteiger partial charge in [-0.25, -0.2) is 9.78 Å². The van der Waals surface area contributed by atoms with Gasteiger partial charge >= 0.3 is 5.97 Å². The van der Waals surface area contributed by atoms with Gasteiger partial charge in [-0.1, -0.05) is 30.3 Å². The fourth-order valence-corrected chi connectivity index (χ4v) is 4.91. The number of aryl methyl sites for hydroxylation is 1. The molecule has 0 fully saturated rings. The lowest BCUT2D eigenvalue weighted by Crippen LogP contribution is -2.21. The predicted octanol–water partition coefficient (Wildman–Crippen LogP) is 3.92. The summed E-state index contributed by atoms with van der Waals surface area (Å²) in [5, 5.41) is 4.87. The Morgan fingerprint density at radius 3 is 2.67 bits per heavy atom. The van der Waals surface area contributed by atoms with Crippen LogP contribution in [-0.2, 0) is 11.3 Å². The molecule has 0 unspecified atom stereocenters. The van der Waals surface area contributed by atoms with Gasteiger partial charge in [-0.2, -0.15) is 0 Å². The topological polar surface area (TPSA) is 90.3 Å². The molecule has 0 radical (unpaired) electrons. The zero-order valence-electron chi connectivity index (χ0n) is 16.2. The molecular formula is C21H17N3O4S2. The Kier molecular flexibility index (Phi) is 5.47. The summed E-state index contributed by atoms with van der Waals surface area (Å²) in [7, 11) is 1.29. The van der Waals surface area contributed by atoms with E-state index in [1.165, 1.54) is 29.3 Å². The molecule has 30 heavy (non-hydrogen) atoms. The Morgan fingerprint density at radius 1 is 1.17 bits per heavy atom. The molecule has 0 aliphatic heterocycles. The standard InChI is InChI=1S/C21H17N3O4S2/c1-12-15-19(22-11-24(20(15)26)10-13-6-4-3-5-7-13)30-16(12)18(25)23-14-8-9-29-17(14)21(27)28-2/h3-9,11H,10H2,1-2H3,(H,23,25). The predicted molar refractivity (Wildman–Crippen MR) is 118 cm³/mol. The van der Waals surface area contributed by atoms with Crippen molar-refractivity contribution in [2.75, 3.05) is 12.4 Å². The lowest BCUT2D eigenvalue weighted by Gasteiger charge is -2.06. The van der Waals surface area contributed by atoms with Crippen molar-refractivity contribution in [3.05, 3.63) is 79.3 Å². The van der Waals surface area contributed by atoms with Crippen molar-refractivity contribution >= 4 is 50.5 Å². The Bertz CT molecular complexity index is 1310. The van der Waals surface area contributed by atoms with Crippen LogP contribution in [0.1, 0.15) is 30.5 Å². The maximum atomic E-state index is 13.0. The number of hydrogen-bond donors (Lipinski definition) is 1. The lowest BCUT2D eigenvalue weighted by atomic mass is 10.2. The summed E-state index contributed by atoms with van der Waals surface area (Å²) in [5.74, 6) is -0.910. The average molecular weight is 440 g/mol. The van der Waals surface area contributed by atoms with E-state index in [4.69, 9.17) is 4.74 Å². The number of anilines is 1. The van der Waals surface area contributed by atoms with Gasteiger partial charge in [0.2, 0.25) is 0 Å². The van der Waals surface area contributed by atoms with Crippen molar-refractivity contribution in [3.8, 4) is 0 Å². The van der Waals surface area contributed by atoms with E-state index in [2.05, 4.69) is 10.3 Å². The van der Waals surface area contributed by atoms with Gasteiger partial charge in [0.1, 0.15) is 9.71 Å². The largest absolute Gasteiger partial charge is 0.465 e. The number of rotatable bonds is 5. The number of thiophene rings is 2. The van der Waals surface area contributed by atoms with Gasteiger partial charge in [-0.05, 0) is 29.5 Å². The molecule has 152 valence electrons. The minimum Gasteiger partial charge on any atom is -0.465 e. The second kappa shape index (κ2) is 8.21. The monoisotopic (exact) mass is 439 g/mol. The number of methoxy groups -OCH3 is 1. The molecule has 0 bridgehead atoms. The first kappa shape index (κ1) is 20.0. The van der Waals surface area contributed by atoms with Crippen LogP contribution in [0.5, 0.6) is 0 Å². The summed E-state index contributed by atoms with van der Waals surface area (Å²) >= 11 is 2.34. The van der Waals surface area contributed by atoms with Gasteiger partial charge in [0.05, 0.1) is 35.9 Å². The summed E-state index contributed by atoms with van der Waals surface area (Å²) in [4.78, 5) is 43.3. The highest BCUT2D eigenvalue weighted by Gasteiger charge is 2.22. The zero-order chi connectivity index (χ0) is 21.3. The molecule has 1 amide bonds. The van der Waals surface area contributed by atoms with E-state index >= 15 is 0 Å². The lowest BCUT2D eigenvalue weighted by molar-refractivity contribution is 0.0607. The molecule has 0 spiro atoms. The molecular weight excluding hydrogens is 422 g/mol. The SMILES string of the molecule is COC(=O)c1sccc1NC(=O)c1sc2ncn(Cc3ccccc3)c(=O)c2c1C. The third-order valence-corrected chi connectivity index (χ3v) is 6.70. The third kappa shape index (κ3) is 3.64.